The highest BCUT2D eigenvalue weighted by Gasteiger charge is 2.10. The normalized spacial score (nSPS) is 16.7. The molecule has 1 aromatic rings. The van der Waals surface area contributed by atoms with E-state index in [1.807, 2.05) is 0 Å². The Balaban J connectivity index is 2.01. The number of hydrogen-bond donors (Lipinski definition) is 2. The molecule has 1 aromatic carbocycles. The van der Waals surface area contributed by atoms with Gasteiger partial charge in [-0.2, -0.15) is 0 Å². The van der Waals surface area contributed by atoms with Gasteiger partial charge in [-0.1, -0.05) is 0 Å². The second kappa shape index (κ2) is 4.91. The van der Waals surface area contributed by atoms with Gasteiger partial charge in [0.05, 0.1) is 6.54 Å². The van der Waals surface area contributed by atoms with E-state index in [1.54, 1.807) is 12.1 Å². The number of halogens is 1. The number of benzene rings is 1. The van der Waals surface area contributed by atoms with Crippen molar-refractivity contribution >= 4 is 11.5 Å². The number of rotatable bonds is 1. The molecule has 0 aliphatic carbocycles. The molecule has 0 aromatic heterocycles. The lowest BCUT2D eigenvalue weighted by atomic mass is 10.2. The number of amidine groups is 1. The Morgan fingerprint density at radius 1 is 1.07 bits per heavy atom. The molecular formula is C12H16FN2+. The molecule has 0 amide bonds. The largest absolute Gasteiger partial charge is 0.278 e. The fourth-order valence-corrected chi connectivity index (χ4v) is 1.75. The summed E-state index contributed by atoms with van der Waals surface area (Å²) in [5.41, 5.74) is 0.945. The minimum atomic E-state index is -0.195. The summed E-state index contributed by atoms with van der Waals surface area (Å²) in [5, 5.41) is 3.29. The Hall–Kier alpha value is -1.38. The maximum absolute atomic E-state index is 12.7. The third kappa shape index (κ3) is 3.05. The van der Waals surface area contributed by atoms with E-state index in [-0.39, 0.29) is 5.82 Å². The lowest BCUT2D eigenvalue weighted by molar-refractivity contribution is -0.457. The predicted molar refractivity (Wildman–Crippen MR) is 59.3 cm³/mol. The molecule has 0 bridgehead atoms. The van der Waals surface area contributed by atoms with Gasteiger partial charge in [0, 0.05) is 6.42 Å². The molecule has 2 N–H and O–H groups in total. The van der Waals surface area contributed by atoms with E-state index in [0.29, 0.717) is 0 Å². The minimum absolute atomic E-state index is 0.195. The Kier molecular flexibility index (Phi) is 3.33. The van der Waals surface area contributed by atoms with E-state index in [0.717, 1.165) is 24.5 Å². The summed E-state index contributed by atoms with van der Waals surface area (Å²) < 4.78 is 12.7. The number of nitrogens with one attached hydrogen (secondary N) is 2. The van der Waals surface area contributed by atoms with Gasteiger partial charge < -0.3 is 0 Å². The quantitative estimate of drug-likeness (QED) is 0.713. The Morgan fingerprint density at radius 2 is 1.87 bits per heavy atom. The van der Waals surface area contributed by atoms with Crippen LogP contribution < -0.4 is 10.3 Å². The fraction of sp³-hybridized carbons (Fsp3) is 0.417. The summed E-state index contributed by atoms with van der Waals surface area (Å²) in [6, 6.07) is 6.46. The van der Waals surface area contributed by atoms with Crippen molar-refractivity contribution in [3.63, 3.8) is 0 Å². The molecule has 2 rings (SSSR count). The van der Waals surface area contributed by atoms with Gasteiger partial charge in [-0.3, -0.25) is 4.99 Å². The van der Waals surface area contributed by atoms with E-state index in [1.165, 1.54) is 31.4 Å². The average molecular weight is 207 g/mol. The van der Waals surface area contributed by atoms with Crippen LogP contribution >= 0.6 is 0 Å². The first-order valence-electron chi connectivity index (χ1n) is 5.47. The van der Waals surface area contributed by atoms with Crippen molar-refractivity contribution in [2.45, 2.75) is 25.7 Å². The summed E-state index contributed by atoms with van der Waals surface area (Å²) in [7, 11) is 0. The standard InChI is InChI=1S/C12H15FN2/c13-10-5-7-11(8-6-10)15-12-4-2-1-3-9-14-12/h5-8H,1-4,9H2,(H,14,15)/p+1. The van der Waals surface area contributed by atoms with Crippen molar-refractivity contribution in [2.24, 2.45) is 0 Å². The first-order valence-corrected chi connectivity index (χ1v) is 5.47. The summed E-state index contributed by atoms with van der Waals surface area (Å²) in [4.78, 5) is 3.36. The molecule has 0 spiro atoms. The van der Waals surface area contributed by atoms with Gasteiger partial charge in [0.15, 0.2) is 0 Å². The van der Waals surface area contributed by atoms with Gasteiger partial charge in [0.2, 0.25) is 5.84 Å². The number of hydrogen-bond acceptors (Lipinski definition) is 1. The highest BCUT2D eigenvalue weighted by molar-refractivity contribution is 5.90. The van der Waals surface area contributed by atoms with Crippen molar-refractivity contribution in [2.75, 3.05) is 11.9 Å². The second-order valence-corrected chi connectivity index (χ2v) is 3.85. The minimum Gasteiger partial charge on any atom is -0.278 e. The van der Waals surface area contributed by atoms with Crippen molar-refractivity contribution < 1.29 is 9.38 Å². The zero-order chi connectivity index (χ0) is 10.5. The zero-order valence-electron chi connectivity index (χ0n) is 8.72. The van der Waals surface area contributed by atoms with Gasteiger partial charge in [0.25, 0.3) is 0 Å². The highest BCUT2D eigenvalue weighted by atomic mass is 19.1. The summed E-state index contributed by atoms with van der Waals surface area (Å²) in [5.74, 6) is 0.957. The van der Waals surface area contributed by atoms with E-state index in [4.69, 9.17) is 0 Å². The summed E-state index contributed by atoms with van der Waals surface area (Å²) in [6.45, 7) is 1.03. The van der Waals surface area contributed by atoms with Crippen LogP contribution in [0.3, 0.4) is 0 Å². The van der Waals surface area contributed by atoms with E-state index in [9.17, 15) is 4.39 Å². The maximum atomic E-state index is 12.7. The molecule has 2 nitrogen and oxygen atoms in total. The van der Waals surface area contributed by atoms with Crippen LogP contribution in [0.2, 0.25) is 0 Å². The third-order valence-electron chi connectivity index (χ3n) is 2.58. The van der Waals surface area contributed by atoms with Gasteiger partial charge in [-0.05, 0) is 43.5 Å². The smallest absolute Gasteiger partial charge is 0.247 e. The molecule has 80 valence electrons. The lowest BCUT2D eigenvalue weighted by Gasteiger charge is -2.00. The lowest BCUT2D eigenvalue weighted by Crippen LogP contribution is -2.74. The average Bonchev–Trinajstić information content (AvgIpc) is 2.50. The first-order chi connectivity index (χ1) is 7.34. The summed E-state index contributed by atoms with van der Waals surface area (Å²) >= 11 is 0. The molecule has 3 heteroatoms. The molecule has 0 radical (unpaired) electrons. The molecule has 1 heterocycles. The van der Waals surface area contributed by atoms with Crippen LogP contribution in [0.15, 0.2) is 24.3 Å². The van der Waals surface area contributed by atoms with Crippen LogP contribution in [0.4, 0.5) is 10.1 Å². The SMILES string of the molecule is Fc1ccc(NC2=[NH+]CCCCC2)cc1. The van der Waals surface area contributed by atoms with E-state index in [2.05, 4.69) is 10.3 Å². The van der Waals surface area contributed by atoms with Crippen molar-refractivity contribution in [1.82, 2.24) is 0 Å². The van der Waals surface area contributed by atoms with E-state index >= 15 is 0 Å². The van der Waals surface area contributed by atoms with Crippen molar-refractivity contribution in [3.05, 3.63) is 30.1 Å². The van der Waals surface area contributed by atoms with Gasteiger partial charge in [-0.15, -0.1) is 0 Å². The highest BCUT2D eigenvalue weighted by Crippen LogP contribution is 2.09. The van der Waals surface area contributed by atoms with Gasteiger partial charge >= 0.3 is 0 Å². The molecule has 1 aliphatic rings. The van der Waals surface area contributed by atoms with Gasteiger partial charge in [-0.25, -0.2) is 9.71 Å². The van der Waals surface area contributed by atoms with Crippen LogP contribution in [0.5, 0.6) is 0 Å². The second-order valence-electron chi connectivity index (χ2n) is 3.85. The third-order valence-corrected chi connectivity index (χ3v) is 2.58. The Morgan fingerprint density at radius 3 is 2.67 bits per heavy atom. The van der Waals surface area contributed by atoms with Crippen molar-refractivity contribution in [3.8, 4) is 0 Å². The molecule has 1 aliphatic heterocycles. The Bertz CT molecular complexity index is 343. The van der Waals surface area contributed by atoms with Crippen LogP contribution in [-0.4, -0.2) is 12.4 Å². The molecule has 0 atom stereocenters. The van der Waals surface area contributed by atoms with Crippen LogP contribution in [0.25, 0.3) is 0 Å². The van der Waals surface area contributed by atoms with E-state index < -0.39 is 0 Å². The van der Waals surface area contributed by atoms with Gasteiger partial charge in [0.1, 0.15) is 11.5 Å². The Labute approximate surface area is 89.2 Å². The fourth-order valence-electron chi connectivity index (χ4n) is 1.75. The first kappa shape index (κ1) is 10.1. The van der Waals surface area contributed by atoms with Crippen molar-refractivity contribution in [1.29, 1.82) is 0 Å². The summed E-state index contributed by atoms with van der Waals surface area (Å²) in [6.07, 6.45) is 4.78. The zero-order valence-corrected chi connectivity index (χ0v) is 8.72. The monoisotopic (exact) mass is 207 g/mol. The maximum Gasteiger partial charge on any atom is 0.247 e. The molecular weight excluding hydrogens is 191 g/mol. The molecule has 0 fully saturated rings. The van der Waals surface area contributed by atoms with Crippen LogP contribution in [-0.2, 0) is 0 Å². The van der Waals surface area contributed by atoms with Crippen LogP contribution in [0, 0.1) is 5.82 Å². The number of anilines is 1. The predicted octanol–water partition coefficient (Wildman–Crippen LogP) is 1.29. The molecule has 0 saturated carbocycles. The molecule has 0 unspecified atom stereocenters. The molecule has 0 saturated heterocycles. The molecule has 15 heavy (non-hydrogen) atoms. The van der Waals surface area contributed by atoms with Crippen LogP contribution in [0.1, 0.15) is 25.7 Å². The topological polar surface area (TPSA) is 26.0 Å².